The Kier molecular flexibility index (Phi) is 3.35. The molecule has 0 aliphatic rings. The molecule has 0 amide bonds. The molecule has 1 heterocycles. The van der Waals surface area contributed by atoms with Crippen LogP contribution in [0.15, 0.2) is 40.9 Å². The number of aromatic hydroxyl groups is 1. The molecule has 0 fully saturated rings. The highest BCUT2D eigenvalue weighted by Gasteiger charge is 2.17. The number of phenolic OH excluding ortho intramolecular Hbond substituents is 1. The molecule has 0 bridgehead atoms. The molecule has 5 heteroatoms. The van der Waals surface area contributed by atoms with Crippen LogP contribution in [-0.2, 0) is 6.54 Å². The van der Waals surface area contributed by atoms with Gasteiger partial charge in [-0.3, -0.25) is 0 Å². The standard InChI is InChI=1S/C16H15FN2O2/c1-19(2)9-13-14(20)8-7-12-15(18-21-16(12)13)10-3-5-11(17)6-4-10/h3-8,20H,9H2,1-2H3. The van der Waals surface area contributed by atoms with E-state index in [-0.39, 0.29) is 11.6 Å². The molecule has 4 nitrogen and oxygen atoms in total. The van der Waals surface area contributed by atoms with Gasteiger partial charge in [0.2, 0.25) is 0 Å². The molecule has 3 rings (SSSR count). The van der Waals surface area contributed by atoms with Crippen LogP contribution >= 0.6 is 0 Å². The molecule has 0 radical (unpaired) electrons. The highest BCUT2D eigenvalue weighted by Crippen LogP contribution is 2.34. The number of benzene rings is 2. The molecule has 3 aromatic rings. The van der Waals surface area contributed by atoms with Gasteiger partial charge in [-0.1, -0.05) is 5.16 Å². The highest BCUT2D eigenvalue weighted by atomic mass is 19.1. The van der Waals surface area contributed by atoms with Crippen molar-refractivity contribution in [2.75, 3.05) is 14.1 Å². The van der Waals surface area contributed by atoms with Crippen molar-refractivity contribution < 1.29 is 14.0 Å². The molecule has 0 aliphatic heterocycles. The van der Waals surface area contributed by atoms with Crippen LogP contribution in [-0.4, -0.2) is 29.3 Å². The Morgan fingerprint density at radius 1 is 1.14 bits per heavy atom. The van der Waals surface area contributed by atoms with Gasteiger partial charge in [0.15, 0.2) is 5.58 Å². The van der Waals surface area contributed by atoms with Crippen molar-refractivity contribution in [2.24, 2.45) is 0 Å². The molecule has 0 saturated heterocycles. The molecule has 21 heavy (non-hydrogen) atoms. The average molecular weight is 286 g/mol. The number of fused-ring (bicyclic) bond motifs is 1. The fourth-order valence-corrected chi connectivity index (χ4v) is 2.33. The summed E-state index contributed by atoms with van der Waals surface area (Å²) in [5.74, 6) is -0.115. The van der Waals surface area contributed by atoms with Gasteiger partial charge in [-0.25, -0.2) is 4.39 Å². The van der Waals surface area contributed by atoms with Crippen LogP contribution in [0.1, 0.15) is 5.56 Å². The lowest BCUT2D eigenvalue weighted by atomic mass is 10.0. The van der Waals surface area contributed by atoms with Crippen LogP contribution in [0.5, 0.6) is 5.75 Å². The molecular weight excluding hydrogens is 271 g/mol. The molecule has 1 N–H and O–H groups in total. The van der Waals surface area contributed by atoms with Gasteiger partial charge in [0.1, 0.15) is 17.3 Å². The normalized spacial score (nSPS) is 11.4. The minimum absolute atomic E-state index is 0.179. The predicted octanol–water partition coefficient (Wildman–Crippen LogP) is 3.40. The summed E-state index contributed by atoms with van der Waals surface area (Å²) in [7, 11) is 3.82. The highest BCUT2D eigenvalue weighted by molar-refractivity contribution is 5.94. The number of phenols is 1. The van der Waals surface area contributed by atoms with Crippen LogP contribution in [0.4, 0.5) is 4.39 Å². The van der Waals surface area contributed by atoms with E-state index in [2.05, 4.69) is 5.16 Å². The van der Waals surface area contributed by atoms with E-state index in [0.717, 1.165) is 10.9 Å². The monoisotopic (exact) mass is 286 g/mol. The molecule has 2 aromatic carbocycles. The summed E-state index contributed by atoms with van der Waals surface area (Å²) in [5.41, 5.74) is 2.67. The van der Waals surface area contributed by atoms with E-state index < -0.39 is 0 Å². The van der Waals surface area contributed by atoms with Crippen molar-refractivity contribution in [3.05, 3.63) is 47.8 Å². The molecule has 0 saturated carbocycles. The van der Waals surface area contributed by atoms with E-state index in [4.69, 9.17) is 4.52 Å². The summed E-state index contributed by atoms with van der Waals surface area (Å²) in [4.78, 5) is 1.94. The first-order valence-electron chi connectivity index (χ1n) is 6.57. The summed E-state index contributed by atoms with van der Waals surface area (Å²) >= 11 is 0. The second kappa shape index (κ2) is 5.18. The number of rotatable bonds is 3. The minimum Gasteiger partial charge on any atom is -0.507 e. The SMILES string of the molecule is CN(C)Cc1c(O)ccc2c(-c3ccc(F)cc3)noc12. The lowest BCUT2D eigenvalue weighted by Crippen LogP contribution is -2.10. The fourth-order valence-electron chi connectivity index (χ4n) is 2.33. The largest absolute Gasteiger partial charge is 0.507 e. The third-order valence-electron chi connectivity index (χ3n) is 3.31. The molecular formula is C16H15FN2O2. The summed E-state index contributed by atoms with van der Waals surface area (Å²) in [6.07, 6.45) is 0. The maximum Gasteiger partial charge on any atom is 0.175 e. The van der Waals surface area contributed by atoms with E-state index in [0.29, 0.717) is 23.4 Å². The number of halogens is 1. The third kappa shape index (κ3) is 2.48. The van der Waals surface area contributed by atoms with Gasteiger partial charge in [-0.05, 0) is 50.5 Å². The van der Waals surface area contributed by atoms with Crippen LogP contribution < -0.4 is 0 Å². The van der Waals surface area contributed by atoms with Crippen LogP contribution in [0.25, 0.3) is 22.2 Å². The van der Waals surface area contributed by atoms with Gasteiger partial charge in [-0.15, -0.1) is 0 Å². The number of aromatic nitrogens is 1. The van der Waals surface area contributed by atoms with Crippen LogP contribution in [0.2, 0.25) is 0 Å². The molecule has 0 unspecified atom stereocenters. The first-order valence-corrected chi connectivity index (χ1v) is 6.57. The Hall–Kier alpha value is -2.40. The molecule has 0 aliphatic carbocycles. The zero-order valence-corrected chi connectivity index (χ0v) is 11.8. The molecule has 0 atom stereocenters. The van der Waals surface area contributed by atoms with Crippen molar-refractivity contribution in [1.29, 1.82) is 0 Å². The van der Waals surface area contributed by atoms with E-state index in [1.54, 1.807) is 24.3 Å². The first kappa shape index (κ1) is 13.6. The smallest absolute Gasteiger partial charge is 0.175 e. The summed E-state index contributed by atoms with van der Waals surface area (Å²) in [6.45, 7) is 0.543. The van der Waals surface area contributed by atoms with Gasteiger partial charge in [0, 0.05) is 12.1 Å². The van der Waals surface area contributed by atoms with Gasteiger partial charge in [0.05, 0.1) is 10.9 Å². The van der Waals surface area contributed by atoms with Gasteiger partial charge < -0.3 is 14.5 Å². The number of nitrogens with zero attached hydrogens (tertiary/aromatic N) is 2. The van der Waals surface area contributed by atoms with Gasteiger partial charge in [0.25, 0.3) is 0 Å². The van der Waals surface area contributed by atoms with E-state index in [1.807, 2.05) is 19.0 Å². The van der Waals surface area contributed by atoms with Crippen molar-refractivity contribution in [3.63, 3.8) is 0 Å². The summed E-state index contributed by atoms with van der Waals surface area (Å²) in [6, 6.07) is 9.48. The second-order valence-corrected chi connectivity index (χ2v) is 5.22. The molecule has 1 aromatic heterocycles. The van der Waals surface area contributed by atoms with E-state index in [1.165, 1.54) is 12.1 Å². The average Bonchev–Trinajstić information content (AvgIpc) is 2.87. The number of hydrogen-bond acceptors (Lipinski definition) is 4. The van der Waals surface area contributed by atoms with E-state index >= 15 is 0 Å². The van der Waals surface area contributed by atoms with E-state index in [9.17, 15) is 9.50 Å². The minimum atomic E-state index is -0.294. The van der Waals surface area contributed by atoms with Crippen molar-refractivity contribution in [1.82, 2.24) is 10.1 Å². The number of hydrogen-bond donors (Lipinski definition) is 1. The molecule has 0 spiro atoms. The fraction of sp³-hybridized carbons (Fsp3) is 0.188. The van der Waals surface area contributed by atoms with Crippen molar-refractivity contribution >= 4 is 11.0 Å². The summed E-state index contributed by atoms with van der Waals surface area (Å²) < 4.78 is 18.4. The van der Waals surface area contributed by atoms with Crippen molar-refractivity contribution in [3.8, 4) is 17.0 Å². The Labute approximate surface area is 121 Å². The lowest BCUT2D eigenvalue weighted by molar-refractivity contribution is 0.379. The quantitative estimate of drug-likeness (QED) is 0.801. The first-order chi connectivity index (χ1) is 10.1. The zero-order chi connectivity index (χ0) is 15.0. The Bertz CT molecular complexity index is 779. The topological polar surface area (TPSA) is 49.5 Å². The Morgan fingerprint density at radius 3 is 2.52 bits per heavy atom. The predicted molar refractivity (Wildman–Crippen MR) is 78.5 cm³/mol. The maximum atomic E-state index is 13.0. The van der Waals surface area contributed by atoms with Crippen molar-refractivity contribution in [2.45, 2.75) is 6.54 Å². The lowest BCUT2D eigenvalue weighted by Gasteiger charge is -2.10. The van der Waals surface area contributed by atoms with Crippen LogP contribution in [0.3, 0.4) is 0 Å². The third-order valence-corrected chi connectivity index (χ3v) is 3.31. The maximum absolute atomic E-state index is 13.0. The van der Waals surface area contributed by atoms with Gasteiger partial charge >= 0.3 is 0 Å². The zero-order valence-electron chi connectivity index (χ0n) is 11.8. The second-order valence-electron chi connectivity index (χ2n) is 5.22. The van der Waals surface area contributed by atoms with Crippen LogP contribution in [0, 0.1) is 5.82 Å². The summed E-state index contributed by atoms with van der Waals surface area (Å²) in [5, 5.41) is 14.9. The van der Waals surface area contributed by atoms with Gasteiger partial charge in [-0.2, -0.15) is 0 Å². The molecule has 108 valence electrons. The Morgan fingerprint density at radius 2 is 1.86 bits per heavy atom. The Balaban J connectivity index is 2.17.